The van der Waals surface area contributed by atoms with Gasteiger partial charge in [0.15, 0.2) is 0 Å². The van der Waals surface area contributed by atoms with Crippen LogP contribution in [0.1, 0.15) is 5.82 Å². The second-order valence-electron chi connectivity index (χ2n) is 1.76. The summed E-state index contributed by atoms with van der Waals surface area (Å²) >= 11 is 0. The van der Waals surface area contributed by atoms with Gasteiger partial charge in [0.05, 0.1) is 0 Å². The summed E-state index contributed by atoms with van der Waals surface area (Å²) < 4.78 is 1.40. The molecule has 0 saturated heterocycles. The number of carbonyl (C=O) groups is 1. The smallest absolute Gasteiger partial charge is 0.382 e. The Labute approximate surface area is 62.7 Å². The molecule has 1 aromatic heterocycles. The minimum atomic E-state index is -1.17. The molecule has 0 aromatic carbocycles. The van der Waals surface area contributed by atoms with E-state index in [-0.39, 0.29) is 0 Å². The van der Waals surface area contributed by atoms with Crippen molar-refractivity contribution in [1.82, 2.24) is 14.8 Å². The number of hydrogen-bond donors (Lipinski definition) is 1. The van der Waals surface area contributed by atoms with Crippen molar-refractivity contribution in [1.29, 1.82) is 0 Å². The van der Waals surface area contributed by atoms with Gasteiger partial charge in [-0.3, -0.25) is 0 Å². The van der Waals surface area contributed by atoms with Crippen LogP contribution in [0.5, 0.6) is 0 Å². The van der Waals surface area contributed by atoms with Crippen molar-refractivity contribution in [2.24, 2.45) is 7.05 Å². The number of nitrogens with zero attached hydrogens (tertiary/aromatic N) is 3. The first-order valence-corrected chi connectivity index (χ1v) is 2.79. The maximum atomic E-state index is 9.97. The van der Waals surface area contributed by atoms with E-state index >= 15 is 0 Å². The molecule has 0 aliphatic rings. The van der Waals surface area contributed by atoms with Crippen molar-refractivity contribution in [2.75, 3.05) is 0 Å². The van der Waals surface area contributed by atoms with Crippen LogP contribution >= 0.6 is 0 Å². The van der Waals surface area contributed by atoms with Crippen LogP contribution in [0.25, 0.3) is 0 Å². The average molecular weight is 151 g/mol. The molecule has 1 N–H and O–H groups in total. The molecule has 0 unspecified atom stereocenters. The number of carboxylic acid groups (broad SMARTS) is 1. The number of carboxylic acids is 1. The average Bonchev–Trinajstić information content (AvgIpc) is 2.31. The van der Waals surface area contributed by atoms with Gasteiger partial charge in [-0.25, -0.2) is 14.5 Å². The molecule has 0 fully saturated rings. The SMILES string of the molecule is Cn1ncnc1C#CC(=O)O. The molecule has 1 aromatic rings. The van der Waals surface area contributed by atoms with E-state index in [4.69, 9.17) is 5.11 Å². The van der Waals surface area contributed by atoms with Crippen LogP contribution in [0.15, 0.2) is 6.33 Å². The van der Waals surface area contributed by atoms with E-state index in [1.54, 1.807) is 7.05 Å². The minimum Gasteiger partial charge on any atom is -0.472 e. The molecule has 5 heteroatoms. The molecule has 1 rings (SSSR count). The summed E-state index contributed by atoms with van der Waals surface area (Å²) in [6, 6.07) is 0. The number of hydrogen-bond acceptors (Lipinski definition) is 3. The molecule has 5 nitrogen and oxygen atoms in total. The second kappa shape index (κ2) is 2.84. The van der Waals surface area contributed by atoms with E-state index in [1.165, 1.54) is 11.0 Å². The third-order valence-electron chi connectivity index (χ3n) is 0.993. The molecule has 0 spiro atoms. The molecular formula is C6H5N3O2. The van der Waals surface area contributed by atoms with Crippen molar-refractivity contribution in [3.05, 3.63) is 12.2 Å². The van der Waals surface area contributed by atoms with Crippen LogP contribution in [0, 0.1) is 11.8 Å². The lowest BCUT2D eigenvalue weighted by Crippen LogP contribution is -1.95. The van der Waals surface area contributed by atoms with Crippen LogP contribution < -0.4 is 0 Å². The van der Waals surface area contributed by atoms with Gasteiger partial charge >= 0.3 is 5.97 Å². The molecule has 1 heterocycles. The Morgan fingerprint density at radius 3 is 3.00 bits per heavy atom. The summed E-state index contributed by atoms with van der Waals surface area (Å²) in [5.74, 6) is 3.43. The lowest BCUT2D eigenvalue weighted by molar-refractivity contribution is -0.130. The monoisotopic (exact) mass is 151 g/mol. The quantitative estimate of drug-likeness (QED) is 0.495. The summed E-state index contributed by atoms with van der Waals surface area (Å²) in [5, 5.41) is 11.9. The summed E-state index contributed by atoms with van der Waals surface area (Å²) in [5.41, 5.74) is 0. The standard InChI is InChI=1S/C6H5N3O2/c1-9-5(7-4-8-9)2-3-6(10)11/h4H,1H3,(H,10,11). The van der Waals surface area contributed by atoms with E-state index in [9.17, 15) is 4.79 Å². The number of aliphatic carboxylic acids is 1. The topological polar surface area (TPSA) is 68.0 Å². The maximum Gasteiger partial charge on any atom is 0.382 e. The Balaban J connectivity index is 2.90. The van der Waals surface area contributed by atoms with Crippen LogP contribution in [0.4, 0.5) is 0 Å². The van der Waals surface area contributed by atoms with Crippen LogP contribution in [0.3, 0.4) is 0 Å². The van der Waals surface area contributed by atoms with Gasteiger partial charge in [-0.05, 0) is 5.92 Å². The first-order chi connectivity index (χ1) is 5.20. The summed E-state index contributed by atoms with van der Waals surface area (Å²) in [6.45, 7) is 0. The summed E-state index contributed by atoms with van der Waals surface area (Å²) in [4.78, 5) is 13.7. The zero-order valence-electron chi connectivity index (χ0n) is 5.77. The molecule has 0 radical (unpaired) electrons. The van der Waals surface area contributed by atoms with Gasteiger partial charge in [-0.15, -0.1) is 0 Å². The molecule has 0 aliphatic carbocycles. The van der Waals surface area contributed by atoms with Crippen molar-refractivity contribution < 1.29 is 9.90 Å². The Morgan fingerprint density at radius 2 is 2.55 bits per heavy atom. The lowest BCUT2D eigenvalue weighted by atomic mass is 10.5. The minimum absolute atomic E-state index is 0.340. The molecule has 11 heavy (non-hydrogen) atoms. The Kier molecular flexibility index (Phi) is 1.88. The molecule has 0 atom stereocenters. The molecule has 56 valence electrons. The van der Waals surface area contributed by atoms with Crippen molar-refractivity contribution >= 4 is 5.97 Å². The van der Waals surface area contributed by atoms with E-state index in [0.717, 1.165) is 0 Å². The highest BCUT2D eigenvalue weighted by molar-refractivity contribution is 5.86. The Morgan fingerprint density at radius 1 is 1.82 bits per heavy atom. The first kappa shape index (κ1) is 7.28. The van der Waals surface area contributed by atoms with Crippen LogP contribution in [-0.2, 0) is 11.8 Å². The molecule has 0 amide bonds. The van der Waals surface area contributed by atoms with Crippen molar-refractivity contribution in [3.8, 4) is 11.8 Å². The van der Waals surface area contributed by atoms with Gasteiger partial charge in [0, 0.05) is 13.0 Å². The van der Waals surface area contributed by atoms with Crippen molar-refractivity contribution in [2.45, 2.75) is 0 Å². The molecular weight excluding hydrogens is 146 g/mol. The largest absolute Gasteiger partial charge is 0.472 e. The zero-order chi connectivity index (χ0) is 8.27. The van der Waals surface area contributed by atoms with E-state index in [1.807, 2.05) is 5.92 Å². The normalized spacial score (nSPS) is 8.45. The van der Waals surface area contributed by atoms with Gasteiger partial charge in [-0.2, -0.15) is 5.10 Å². The fourth-order valence-corrected chi connectivity index (χ4v) is 0.519. The predicted molar refractivity (Wildman–Crippen MR) is 35.5 cm³/mol. The molecule has 0 aliphatic heterocycles. The maximum absolute atomic E-state index is 9.97. The van der Waals surface area contributed by atoms with Crippen LogP contribution in [0.2, 0.25) is 0 Å². The highest BCUT2D eigenvalue weighted by atomic mass is 16.4. The van der Waals surface area contributed by atoms with Gasteiger partial charge in [0.2, 0.25) is 5.82 Å². The van der Waals surface area contributed by atoms with Crippen LogP contribution in [-0.4, -0.2) is 25.8 Å². The number of rotatable bonds is 0. The number of aromatic nitrogens is 3. The second-order valence-corrected chi connectivity index (χ2v) is 1.76. The van der Waals surface area contributed by atoms with Gasteiger partial charge < -0.3 is 5.11 Å². The van der Waals surface area contributed by atoms with Gasteiger partial charge in [0.25, 0.3) is 0 Å². The Hall–Kier alpha value is -1.83. The van der Waals surface area contributed by atoms with Crippen molar-refractivity contribution in [3.63, 3.8) is 0 Å². The van der Waals surface area contributed by atoms with E-state index in [2.05, 4.69) is 16.0 Å². The number of aryl methyl sites for hydroxylation is 1. The highest BCUT2D eigenvalue weighted by Gasteiger charge is 1.93. The lowest BCUT2D eigenvalue weighted by Gasteiger charge is -1.85. The highest BCUT2D eigenvalue weighted by Crippen LogP contribution is 1.84. The third-order valence-corrected chi connectivity index (χ3v) is 0.993. The predicted octanol–water partition coefficient (Wildman–Crippen LogP) is -0.749. The first-order valence-electron chi connectivity index (χ1n) is 2.79. The van der Waals surface area contributed by atoms with Gasteiger partial charge in [0.1, 0.15) is 6.33 Å². The van der Waals surface area contributed by atoms with E-state index < -0.39 is 5.97 Å². The molecule has 0 saturated carbocycles. The third kappa shape index (κ3) is 1.79. The fraction of sp³-hybridized carbons (Fsp3) is 0.167. The fourth-order valence-electron chi connectivity index (χ4n) is 0.519. The molecule has 0 bridgehead atoms. The summed E-state index contributed by atoms with van der Waals surface area (Å²) in [6.07, 6.45) is 1.31. The zero-order valence-corrected chi connectivity index (χ0v) is 5.77. The summed E-state index contributed by atoms with van der Waals surface area (Å²) in [7, 11) is 1.64. The van der Waals surface area contributed by atoms with E-state index in [0.29, 0.717) is 5.82 Å². The Bertz CT molecular complexity index is 331. The van der Waals surface area contributed by atoms with Gasteiger partial charge in [-0.1, -0.05) is 0 Å².